The molecule has 4 aromatic rings. The van der Waals surface area contributed by atoms with Crippen LogP contribution in [0.5, 0.6) is 0 Å². The zero-order valence-corrected chi connectivity index (χ0v) is 24.0. The molecule has 0 heterocycles. The SMILES string of the molecule is COC(=O)C1(Cc2ccccc2)C2C=CC(C2)[CH]1[Sn]([c]1ccccc1)([c]1ccccc1)[c]1ccccc1. The van der Waals surface area contributed by atoms with Crippen molar-refractivity contribution < 1.29 is 9.53 Å². The van der Waals surface area contributed by atoms with E-state index in [1.807, 2.05) is 6.07 Å². The molecule has 2 aliphatic rings. The van der Waals surface area contributed by atoms with Gasteiger partial charge in [-0.05, 0) is 0 Å². The van der Waals surface area contributed by atoms with Gasteiger partial charge in [0.2, 0.25) is 0 Å². The number of methoxy groups -OCH3 is 1. The predicted molar refractivity (Wildman–Crippen MR) is 153 cm³/mol. The Kier molecular flexibility index (Phi) is 6.54. The third-order valence-electron chi connectivity index (χ3n) is 8.82. The summed E-state index contributed by atoms with van der Waals surface area (Å²) in [5, 5.41) is 0. The first-order valence-electron chi connectivity index (χ1n) is 13.2. The number of rotatable bonds is 7. The van der Waals surface area contributed by atoms with Gasteiger partial charge < -0.3 is 0 Å². The maximum atomic E-state index is 14.3. The van der Waals surface area contributed by atoms with Crippen LogP contribution in [0.1, 0.15) is 12.0 Å². The third-order valence-corrected chi connectivity index (χ3v) is 24.8. The first kappa shape index (κ1) is 24.2. The van der Waals surface area contributed by atoms with Gasteiger partial charge in [0.25, 0.3) is 0 Å². The van der Waals surface area contributed by atoms with E-state index in [1.54, 1.807) is 7.11 Å². The average Bonchev–Trinajstić information content (AvgIpc) is 3.57. The normalized spacial score (nSPS) is 24.2. The molecule has 0 spiro atoms. The number of fused-ring (bicyclic) bond motifs is 2. The summed E-state index contributed by atoms with van der Waals surface area (Å²) in [4.78, 5) is 14.3. The molecule has 2 nitrogen and oxygen atoms in total. The average molecular weight is 591 g/mol. The minimum absolute atomic E-state index is 0.0536. The van der Waals surface area contributed by atoms with Crippen LogP contribution in [0.2, 0.25) is 3.93 Å². The Morgan fingerprint density at radius 2 is 1.19 bits per heavy atom. The van der Waals surface area contributed by atoms with E-state index in [-0.39, 0.29) is 15.8 Å². The Bertz CT molecular complexity index is 1290. The van der Waals surface area contributed by atoms with Crippen molar-refractivity contribution in [2.45, 2.75) is 16.8 Å². The molecule has 184 valence electrons. The summed E-state index contributed by atoms with van der Waals surface area (Å²) in [7, 11) is 1.58. The maximum absolute atomic E-state index is 14.3. The molecule has 37 heavy (non-hydrogen) atoms. The van der Waals surface area contributed by atoms with Crippen LogP contribution in [0.3, 0.4) is 0 Å². The van der Waals surface area contributed by atoms with Crippen LogP contribution >= 0.6 is 0 Å². The van der Waals surface area contributed by atoms with Gasteiger partial charge in [0.15, 0.2) is 0 Å². The number of benzene rings is 4. The van der Waals surface area contributed by atoms with Crippen molar-refractivity contribution >= 4 is 35.1 Å². The van der Waals surface area contributed by atoms with Gasteiger partial charge >= 0.3 is 225 Å². The standard InChI is InChI=1S/C16H17O2.3C6H5.Sn/c1-18-15(17)16(10-12-5-3-2-4-6-12)11-13-7-8-14(16)9-13;3*1-2-4-6-5-3-1;/h2-8,11,13-14H,9-10H2,1H3;3*1-5H;. The van der Waals surface area contributed by atoms with Crippen LogP contribution in [0.25, 0.3) is 0 Å². The van der Waals surface area contributed by atoms with Gasteiger partial charge in [-0.25, -0.2) is 0 Å². The number of hydrogen-bond acceptors (Lipinski definition) is 2. The molecular weight excluding hydrogens is 559 g/mol. The van der Waals surface area contributed by atoms with Gasteiger partial charge in [-0.3, -0.25) is 0 Å². The first-order chi connectivity index (χ1) is 18.2. The molecule has 0 radical (unpaired) electrons. The number of ether oxygens (including phenoxy) is 1. The summed E-state index contributed by atoms with van der Waals surface area (Å²) in [6.45, 7) is 0. The van der Waals surface area contributed by atoms with Gasteiger partial charge in [0.05, 0.1) is 0 Å². The molecule has 4 aromatic carbocycles. The number of hydrogen-bond donors (Lipinski definition) is 0. The minimum atomic E-state index is -3.90. The molecule has 4 unspecified atom stereocenters. The van der Waals surface area contributed by atoms with E-state index < -0.39 is 23.8 Å². The fraction of sp³-hybridized carbons (Fsp3) is 0.206. The summed E-state index contributed by atoms with van der Waals surface area (Å²) < 4.78 is 10.2. The van der Waals surface area contributed by atoms with Crippen molar-refractivity contribution in [1.82, 2.24) is 0 Å². The molecule has 3 heteroatoms. The van der Waals surface area contributed by atoms with Crippen molar-refractivity contribution in [2.75, 3.05) is 7.11 Å². The second kappa shape index (κ2) is 9.98. The molecular formula is C34H32O2Sn. The van der Waals surface area contributed by atoms with Crippen LogP contribution in [0, 0.1) is 17.3 Å². The van der Waals surface area contributed by atoms with Crippen LogP contribution in [-0.2, 0) is 16.0 Å². The quantitative estimate of drug-likeness (QED) is 0.169. The van der Waals surface area contributed by atoms with Crippen LogP contribution < -0.4 is 10.7 Å². The molecule has 1 saturated carbocycles. The number of esters is 1. The Balaban J connectivity index is 1.71. The van der Waals surface area contributed by atoms with Crippen molar-refractivity contribution in [3.8, 4) is 0 Å². The number of carbonyl (C=O) groups is 1. The fourth-order valence-corrected chi connectivity index (χ4v) is 25.6. The fourth-order valence-electron chi connectivity index (χ4n) is 7.53. The predicted octanol–water partition coefficient (Wildman–Crippen LogP) is 5.14. The van der Waals surface area contributed by atoms with Gasteiger partial charge in [-0.2, -0.15) is 0 Å². The Hall–Kier alpha value is -3.11. The molecule has 0 N–H and O–H groups in total. The van der Waals surface area contributed by atoms with Crippen molar-refractivity contribution in [3.63, 3.8) is 0 Å². The number of carbonyl (C=O) groups excluding carboxylic acids is 1. The van der Waals surface area contributed by atoms with Crippen LogP contribution in [0.4, 0.5) is 0 Å². The molecule has 0 saturated heterocycles. The number of allylic oxidation sites excluding steroid dienone is 2. The second-order valence-electron chi connectivity index (χ2n) is 10.5. The molecule has 2 bridgehead atoms. The molecule has 6 rings (SSSR count). The van der Waals surface area contributed by atoms with Crippen LogP contribution in [0.15, 0.2) is 133 Å². The van der Waals surface area contributed by atoms with Crippen molar-refractivity contribution in [2.24, 2.45) is 17.3 Å². The molecule has 0 amide bonds. The van der Waals surface area contributed by atoms with Crippen LogP contribution in [-0.4, -0.2) is 31.5 Å². The zero-order chi connectivity index (χ0) is 25.3. The Morgan fingerprint density at radius 1 is 0.730 bits per heavy atom. The monoisotopic (exact) mass is 592 g/mol. The molecule has 4 atom stereocenters. The van der Waals surface area contributed by atoms with E-state index in [2.05, 4.69) is 127 Å². The van der Waals surface area contributed by atoms with Gasteiger partial charge in [-0.1, -0.05) is 0 Å². The summed E-state index contributed by atoms with van der Waals surface area (Å²) in [5.41, 5.74) is 0.584. The van der Waals surface area contributed by atoms with E-state index in [9.17, 15) is 4.79 Å². The summed E-state index contributed by atoms with van der Waals surface area (Å²) in [6.07, 6.45) is 6.44. The van der Waals surface area contributed by atoms with E-state index in [4.69, 9.17) is 4.74 Å². The first-order valence-corrected chi connectivity index (χ1v) is 19.1. The van der Waals surface area contributed by atoms with Gasteiger partial charge in [0, 0.05) is 0 Å². The van der Waals surface area contributed by atoms with Crippen molar-refractivity contribution in [3.05, 3.63) is 139 Å². The topological polar surface area (TPSA) is 26.3 Å². The molecule has 1 fully saturated rings. The molecule has 0 aliphatic heterocycles. The Labute approximate surface area is 223 Å². The Morgan fingerprint density at radius 3 is 1.65 bits per heavy atom. The summed E-state index contributed by atoms with van der Waals surface area (Å²) in [5.74, 6) is 0.452. The third kappa shape index (κ3) is 3.80. The second-order valence-corrected chi connectivity index (χ2v) is 21.8. The summed E-state index contributed by atoms with van der Waals surface area (Å²) >= 11 is -3.90. The van der Waals surface area contributed by atoms with Gasteiger partial charge in [0.1, 0.15) is 0 Å². The molecule has 2 aliphatic carbocycles. The zero-order valence-electron chi connectivity index (χ0n) is 21.2. The summed E-state index contributed by atoms with van der Waals surface area (Å²) in [6, 6.07) is 43.9. The van der Waals surface area contributed by atoms with Crippen molar-refractivity contribution in [1.29, 1.82) is 0 Å². The van der Waals surface area contributed by atoms with E-state index >= 15 is 0 Å². The van der Waals surface area contributed by atoms with E-state index in [0.717, 1.165) is 6.42 Å². The van der Waals surface area contributed by atoms with Gasteiger partial charge in [-0.15, -0.1) is 0 Å². The molecule has 0 aromatic heterocycles. The van der Waals surface area contributed by atoms with E-state index in [1.165, 1.54) is 16.3 Å². The van der Waals surface area contributed by atoms with E-state index in [0.29, 0.717) is 12.3 Å².